The van der Waals surface area contributed by atoms with E-state index < -0.39 is 47.8 Å². The molecule has 0 aromatic heterocycles. The van der Waals surface area contributed by atoms with Crippen molar-refractivity contribution in [2.45, 2.75) is 74.6 Å². The summed E-state index contributed by atoms with van der Waals surface area (Å²) in [5.74, 6) is -2.48. The summed E-state index contributed by atoms with van der Waals surface area (Å²) >= 11 is 4.56. The average Bonchev–Trinajstić information content (AvgIpc) is 3.24. The SMILES string of the molecule is CN1C=C(CC(NC(=O)C(N)CCCN=C(N)N)C(=O)NC(CCCCN)C(=O)NC(Cc2ccccc2)C(N)=O)N(C)C1S. The van der Waals surface area contributed by atoms with E-state index in [9.17, 15) is 19.2 Å². The van der Waals surface area contributed by atoms with Gasteiger partial charge in [0.25, 0.3) is 0 Å². The Bertz CT molecular complexity index is 1200. The van der Waals surface area contributed by atoms with Crippen LogP contribution in [0.2, 0.25) is 0 Å². The molecule has 45 heavy (non-hydrogen) atoms. The minimum atomic E-state index is -1.08. The number of hydrogen-bond acceptors (Lipinski definition) is 10. The Morgan fingerprint density at radius 3 is 2.07 bits per heavy atom. The highest BCUT2D eigenvalue weighted by Crippen LogP contribution is 2.25. The highest BCUT2D eigenvalue weighted by molar-refractivity contribution is 7.80. The maximum Gasteiger partial charge on any atom is 0.243 e. The van der Waals surface area contributed by atoms with E-state index in [4.69, 9.17) is 28.7 Å². The van der Waals surface area contributed by atoms with Crippen LogP contribution < -0.4 is 44.6 Å². The van der Waals surface area contributed by atoms with Gasteiger partial charge in [0.15, 0.2) is 5.96 Å². The van der Waals surface area contributed by atoms with Crippen molar-refractivity contribution in [3.05, 3.63) is 47.8 Å². The summed E-state index contributed by atoms with van der Waals surface area (Å²) in [4.78, 5) is 60.2. The third-order valence-electron chi connectivity index (χ3n) is 7.39. The molecule has 0 saturated heterocycles. The first kappa shape index (κ1) is 37.2. The van der Waals surface area contributed by atoms with Gasteiger partial charge >= 0.3 is 0 Å². The van der Waals surface area contributed by atoms with Gasteiger partial charge in [-0.15, -0.1) is 12.6 Å². The smallest absolute Gasteiger partial charge is 0.243 e. The van der Waals surface area contributed by atoms with Crippen LogP contribution in [0.5, 0.6) is 0 Å². The second kappa shape index (κ2) is 18.7. The van der Waals surface area contributed by atoms with Crippen molar-refractivity contribution >= 4 is 42.2 Å². The van der Waals surface area contributed by atoms with Crippen molar-refractivity contribution < 1.29 is 19.2 Å². The molecule has 1 aromatic carbocycles. The molecule has 4 amide bonds. The van der Waals surface area contributed by atoms with Gasteiger partial charge in [0.2, 0.25) is 23.6 Å². The standard InChI is InChI=1S/C29H49N11O4S/c1-39-17-19(40(2)29(39)45)16-23(38-25(42)20(31)11-8-14-35-28(33)34)27(44)36-21(12-6-7-13-30)26(43)37-22(24(32)41)15-18-9-4-3-5-10-18/h3-5,9-10,17,20-23,29,45H,6-8,11-16,30-31H2,1-2H3,(H2,32,41)(H,36,44)(H,37,43)(H,38,42)(H4,33,34,35). The summed E-state index contributed by atoms with van der Waals surface area (Å²) in [5.41, 5.74) is 29.4. The van der Waals surface area contributed by atoms with Crippen LogP contribution >= 0.6 is 12.6 Å². The van der Waals surface area contributed by atoms with E-state index in [0.717, 1.165) is 11.3 Å². The van der Waals surface area contributed by atoms with Gasteiger partial charge in [-0.3, -0.25) is 24.2 Å². The molecule has 0 bridgehead atoms. The molecule has 15 nitrogen and oxygen atoms in total. The third kappa shape index (κ3) is 12.5. The van der Waals surface area contributed by atoms with Crippen molar-refractivity contribution in [2.24, 2.45) is 33.7 Å². The van der Waals surface area contributed by atoms with Gasteiger partial charge in [-0.1, -0.05) is 30.3 Å². The lowest BCUT2D eigenvalue weighted by atomic mass is 10.0. The molecule has 1 aliphatic heterocycles. The zero-order valence-electron chi connectivity index (χ0n) is 26.0. The number of guanidine groups is 1. The van der Waals surface area contributed by atoms with Gasteiger partial charge in [0.05, 0.1) is 6.04 Å². The number of unbranched alkanes of at least 4 members (excludes halogenated alkanes) is 1. The van der Waals surface area contributed by atoms with Crippen molar-refractivity contribution in [1.29, 1.82) is 0 Å². The molecule has 13 N–H and O–H groups in total. The highest BCUT2D eigenvalue weighted by atomic mass is 32.1. The molecule has 1 aromatic rings. The molecule has 250 valence electrons. The predicted octanol–water partition coefficient (Wildman–Crippen LogP) is -2.00. The maximum absolute atomic E-state index is 13.8. The Hall–Kier alpha value is -4.02. The van der Waals surface area contributed by atoms with E-state index in [1.807, 2.05) is 60.4 Å². The summed E-state index contributed by atoms with van der Waals surface area (Å²) in [6.45, 7) is 0.704. The Morgan fingerprint density at radius 1 is 0.867 bits per heavy atom. The summed E-state index contributed by atoms with van der Waals surface area (Å²) < 4.78 is 0. The lowest BCUT2D eigenvalue weighted by Gasteiger charge is -2.28. The number of carbonyl (C=O) groups is 4. The fourth-order valence-corrected chi connectivity index (χ4v) is 4.95. The topological polar surface area (TPSA) is 253 Å². The first-order valence-electron chi connectivity index (χ1n) is 14.9. The van der Waals surface area contributed by atoms with E-state index in [2.05, 4.69) is 33.6 Å². The molecule has 0 radical (unpaired) electrons. The van der Waals surface area contributed by atoms with Gasteiger partial charge in [-0.25, -0.2) is 0 Å². The number of primary amides is 1. The van der Waals surface area contributed by atoms with E-state index in [1.165, 1.54) is 0 Å². The molecule has 0 fully saturated rings. The number of carbonyl (C=O) groups excluding carboxylic acids is 4. The van der Waals surface area contributed by atoms with Crippen LogP contribution in [-0.2, 0) is 25.6 Å². The zero-order chi connectivity index (χ0) is 33.5. The number of nitrogens with zero attached hydrogens (tertiary/aromatic N) is 3. The Kier molecular flexibility index (Phi) is 15.5. The average molecular weight is 648 g/mol. The number of aliphatic imine (C=N–C) groups is 1. The lowest BCUT2D eigenvalue weighted by molar-refractivity contribution is -0.133. The Morgan fingerprint density at radius 2 is 1.49 bits per heavy atom. The van der Waals surface area contributed by atoms with Crippen LogP contribution in [0.25, 0.3) is 0 Å². The first-order chi connectivity index (χ1) is 21.3. The molecule has 1 aliphatic rings. The van der Waals surface area contributed by atoms with Crippen LogP contribution in [0.15, 0.2) is 47.2 Å². The van der Waals surface area contributed by atoms with E-state index in [0.29, 0.717) is 32.4 Å². The summed E-state index contributed by atoms with van der Waals surface area (Å²) in [7, 11) is 3.66. The maximum atomic E-state index is 13.8. The molecule has 5 atom stereocenters. The Labute approximate surface area is 270 Å². The fraction of sp³-hybridized carbons (Fsp3) is 0.552. The minimum Gasteiger partial charge on any atom is -0.370 e. The molecule has 2 rings (SSSR count). The second-order valence-corrected chi connectivity index (χ2v) is 11.5. The number of nitrogens with one attached hydrogen (secondary N) is 3. The summed E-state index contributed by atoms with van der Waals surface area (Å²) in [6.07, 6.45) is 4.25. The van der Waals surface area contributed by atoms with Crippen LogP contribution in [0.1, 0.15) is 44.1 Å². The van der Waals surface area contributed by atoms with E-state index >= 15 is 0 Å². The number of amides is 4. The van der Waals surface area contributed by atoms with E-state index in [-0.39, 0.29) is 37.1 Å². The molecular formula is C29H49N11O4S. The predicted molar refractivity (Wildman–Crippen MR) is 177 cm³/mol. The van der Waals surface area contributed by atoms with Crippen LogP contribution in [0.4, 0.5) is 0 Å². The molecular weight excluding hydrogens is 598 g/mol. The summed E-state index contributed by atoms with van der Waals surface area (Å²) in [6, 6.07) is 5.09. The Balaban J connectivity index is 2.23. The summed E-state index contributed by atoms with van der Waals surface area (Å²) in [5, 5.41) is 8.22. The highest BCUT2D eigenvalue weighted by Gasteiger charge is 2.33. The number of hydrogen-bond donors (Lipinski definition) is 9. The quantitative estimate of drug-likeness (QED) is 0.0345. The monoisotopic (exact) mass is 647 g/mol. The van der Waals surface area contributed by atoms with Gasteiger partial charge in [0.1, 0.15) is 23.6 Å². The van der Waals surface area contributed by atoms with Gasteiger partial charge < -0.3 is 54.4 Å². The van der Waals surface area contributed by atoms with Crippen LogP contribution in [0, 0.1) is 0 Å². The molecule has 0 saturated carbocycles. The third-order valence-corrected chi connectivity index (χ3v) is 8.10. The molecule has 0 spiro atoms. The lowest BCUT2D eigenvalue weighted by Crippen LogP contribution is -2.58. The van der Waals surface area contributed by atoms with Crippen molar-refractivity contribution in [3.8, 4) is 0 Å². The number of nitrogens with two attached hydrogens (primary N) is 5. The van der Waals surface area contributed by atoms with E-state index in [1.54, 1.807) is 0 Å². The largest absolute Gasteiger partial charge is 0.370 e. The molecule has 1 heterocycles. The van der Waals surface area contributed by atoms with Crippen LogP contribution in [-0.4, -0.2) is 96.2 Å². The second-order valence-electron chi connectivity index (χ2n) is 11.1. The minimum absolute atomic E-state index is 0.0570. The van der Waals surface area contributed by atoms with Crippen molar-refractivity contribution in [2.75, 3.05) is 27.2 Å². The first-order valence-corrected chi connectivity index (χ1v) is 15.4. The van der Waals surface area contributed by atoms with Crippen molar-refractivity contribution in [1.82, 2.24) is 25.8 Å². The van der Waals surface area contributed by atoms with Crippen LogP contribution in [0.3, 0.4) is 0 Å². The molecule has 16 heteroatoms. The zero-order valence-corrected chi connectivity index (χ0v) is 26.9. The number of thiol groups is 1. The molecule has 5 unspecified atom stereocenters. The normalized spacial score (nSPS) is 17.0. The number of benzene rings is 1. The van der Waals surface area contributed by atoms with Crippen molar-refractivity contribution in [3.63, 3.8) is 0 Å². The van der Waals surface area contributed by atoms with Gasteiger partial charge in [-0.2, -0.15) is 0 Å². The van der Waals surface area contributed by atoms with Gasteiger partial charge in [0, 0.05) is 45.4 Å². The number of rotatable bonds is 19. The molecule has 0 aliphatic carbocycles. The fourth-order valence-electron chi connectivity index (χ4n) is 4.74. The van der Waals surface area contributed by atoms with Gasteiger partial charge in [-0.05, 0) is 44.2 Å².